The molecule has 0 aromatic carbocycles. The second-order valence-electron chi connectivity index (χ2n) is 4.93. The van der Waals surface area contributed by atoms with Crippen LogP contribution in [0.4, 0.5) is 0 Å². The summed E-state index contributed by atoms with van der Waals surface area (Å²) in [6.07, 6.45) is 4.18. The second-order valence-corrected chi connectivity index (χ2v) is 4.93. The van der Waals surface area contributed by atoms with Crippen LogP contribution in [-0.2, 0) is 9.53 Å². The molecule has 2 atom stereocenters. The van der Waals surface area contributed by atoms with E-state index in [4.69, 9.17) is 9.84 Å². The maximum absolute atomic E-state index is 11.1. The Morgan fingerprint density at radius 1 is 1.61 bits per heavy atom. The molecule has 2 N–H and O–H groups in total. The number of rotatable bonds is 8. The van der Waals surface area contributed by atoms with Crippen molar-refractivity contribution in [2.45, 2.75) is 44.8 Å². The maximum atomic E-state index is 11.1. The summed E-state index contributed by atoms with van der Waals surface area (Å²) in [5, 5.41) is 12.2. The number of nitrogens with one attached hydrogen (secondary N) is 1. The smallest absolute Gasteiger partial charge is 0.320 e. The molecule has 0 aliphatic carbocycles. The van der Waals surface area contributed by atoms with Gasteiger partial charge < -0.3 is 20.1 Å². The molecule has 1 rings (SSSR count). The molecular formula is C13H26N2O3. The van der Waals surface area contributed by atoms with Gasteiger partial charge in [0.05, 0.1) is 6.10 Å². The number of hydrogen-bond donors (Lipinski definition) is 2. The van der Waals surface area contributed by atoms with Gasteiger partial charge in [-0.25, -0.2) is 0 Å². The van der Waals surface area contributed by atoms with Crippen molar-refractivity contribution in [3.05, 3.63) is 0 Å². The topological polar surface area (TPSA) is 61.8 Å². The lowest BCUT2D eigenvalue weighted by Crippen LogP contribution is -2.44. The molecule has 1 saturated heterocycles. The Labute approximate surface area is 109 Å². The molecule has 106 valence electrons. The van der Waals surface area contributed by atoms with Gasteiger partial charge in [0.15, 0.2) is 0 Å². The van der Waals surface area contributed by atoms with E-state index in [1.165, 1.54) is 0 Å². The molecule has 0 aromatic rings. The van der Waals surface area contributed by atoms with Crippen LogP contribution in [-0.4, -0.2) is 61.4 Å². The van der Waals surface area contributed by atoms with E-state index < -0.39 is 12.0 Å². The minimum Gasteiger partial charge on any atom is -0.480 e. The lowest BCUT2D eigenvalue weighted by molar-refractivity contribution is -0.139. The summed E-state index contributed by atoms with van der Waals surface area (Å²) >= 11 is 0. The Kier molecular flexibility index (Phi) is 7.23. The number of ether oxygens (including phenoxy) is 1. The van der Waals surface area contributed by atoms with Crippen LogP contribution < -0.4 is 5.32 Å². The third kappa shape index (κ3) is 5.33. The van der Waals surface area contributed by atoms with Gasteiger partial charge in [-0.05, 0) is 38.8 Å². The van der Waals surface area contributed by atoms with Crippen LogP contribution in [0.1, 0.15) is 32.6 Å². The molecule has 5 nitrogen and oxygen atoms in total. The van der Waals surface area contributed by atoms with E-state index in [0.29, 0.717) is 12.5 Å². The van der Waals surface area contributed by atoms with E-state index in [1.54, 1.807) is 7.11 Å². The highest BCUT2D eigenvalue weighted by Crippen LogP contribution is 2.13. The van der Waals surface area contributed by atoms with Crippen molar-refractivity contribution in [2.75, 3.05) is 33.3 Å². The summed E-state index contributed by atoms with van der Waals surface area (Å²) in [4.78, 5) is 13.4. The maximum Gasteiger partial charge on any atom is 0.320 e. The van der Waals surface area contributed by atoms with Crippen LogP contribution in [0.2, 0.25) is 0 Å². The molecule has 1 aliphatic heterocycles. The van der Waals surface area contributed by atoms with Crippen LogP contribution >= 0.6 is 0 Å². The van der Waals surface area contributed by atoms with Gasteiger partial charge in [0.2, 0.25) is 0 Å². The van der Waals surface area contributed by atoms with E-state index in [0.717, 1.165) is 45.4 Å². The highest BCUT2D eigenvalue weighted by atomic mass is 16.5. The van der Waals surface area contributed by atoms with Crippen LogP contribution in [0.3, 0.4) is 0 Å². The monoisotopic (exact) mass is 258 g/mol. The van der Waals surface area contributed by atoms with Crippen LogP contribution in [0.25, 0.3) is 0 Å². The number of carboxylic acids is 1. The number of piperidine rings is 1. The lowest BCUT2D eigenvalue weighted by atomic mass is 10.1. The lowest BCUT2D eigenvalue weighted by Gasteiger charge is -2.32. The predicted molar refractivity (Wildman–Crippen MR) is 70.8 cm³/mol. The number of nitrogens with zero attached hydrogens (tertiary/aromatic N) is 1. The van der Waals surface area contributed by atoms with Crippen molar-refractivity contribution >= 4 is 5.97 Å². The van der Waals surface area contributed by atoms with Gasteiger partial charge in [-0.2, -0.15) is 0 Å². The first-order valence-corrected chi connectivity index (χ1v) is 6.88. The summed E-state index contributed by atoms with van der Waals surface area (Å²) in [5.41, 5.74) is 0. The zero-order chi connectivity index (χ0) is 13.4. The van der Waals surface area contributed by atoms with Gasteiger partial charge >= 0.3 is 5.97 Å². The van der Waals surface area contributed by atoms with Crippen LogP contribution in [0.15, 0.2) is 0 Å². The summed E-state index contributed by atoms with van der Waals surface area (Å²) in [6.45, 7) is 5.61. The largest absolute Gasteiger partial charge is 0.480 e. The summed E-state index contributed by atoms with van der Waals surface area (Å²) in [7, 11) is 1.75. The van der Waals surface area contributed by atoms with Gasteiger partial charge in [-0.3, -0.25) is 4.79 Å². The molecule has 1 aliphatic rings. The van der Waals surface area contributed by atoms with E-state index in [2.05, 4.69) is 10.2 Å². The molecule has 0 saturated carbocycles. The van der Waals surface area contributed by atoms with Crippen LogP contribution in [0, 0.1) is 0 Å². The molecule has 0 aromatic heterocycles. The second kappa shape index (κ2) is 8.45. The summed E-state index contributed by atoms with van der Waals surface area (Å²) < 4.78 is 5.37. The molecular weight excluding hydrogens is 232 g/mol. The molecule has 0 spiro atoms. The Morgan fingerprint density at radius 2 is 2.39 bits per heavy atom. The van der Waals surface area contributed by atoms with Gasteiger partial charge in [0, 0.05) is 20.2 Å². The third-order valence-corrected chi connectivity index (χ3v) is 3.47. The molecule has 18 heavy (non-hydrogen) atoms. The zero-order valence-electron chi connectivity index (χ0n) is 11.5. The Bertz CT molecular complexity index is 248. The third-order valence-electron chi connectivity index (χ3n) is 3.47. The van der Waals surface area contributed by atoms with Crippen molar-refractivity contribution in [1.29, 1.82) is 0 Å². The van der Waals surface area contributed by atoms with Crippen molar-refractivity contribution in [3.63, 3.8) is 0 Å². The number of likely N-dealkylation sites (tertiary alicyclic amines) is 1. The molecule has 1 heterocycles. The zero-order valence-corrected chi connectivity index (χ0v) is 11.5. The highest BCUT2D eigenvalue weighted by molar-refractivity contribution is 5.73. The number of hydrogen-bond acceptors (Lipinski definition) is 4. The van der Waals surface area contributed by atoms with Crippen molar-refractivity contribution in [2.24, 2.45) is 0 Å². The fourth-order valence-electron chi connectivity index (χ4n) is 2.35. The SMILES string of the molecule is CCCNC(CCN1CCCC(OC)C1)C(=O)O. The fraction of sp³-hybridized carbons (Fsp3) is 0.923. The van der Waals surface area contributed by atoms with Crippen LogP contribution in [0.5, 0.6) is 0 Å². The molecule has 0 bridgehead atoms. The summed E-state index contributed by atoms with van der Waals surface area (Å²) in [6, 6.07) is -0.423. The van der Waals surface area contributed by atoms with Gasteiger partial charge in [0.25, 0.3) is 0 Å². The number of carboxylic acid groups (broad SMARTS) is 1. The molecule has 5 heteroatoms. The van der Waals surface area contributed by atoms with E-state index in [9.17, 15) is 4.79 Å². The standard InChI is InChI=1S/C13H26N2O3/c1-3-7-14-12(13(16)17)6-9-15-8-4-5-11(10-15)18-2/h11-12,14H,3-10H2,1-2H3,(H,16,17). The number of aliphatic carboxylic acids is 1. The average Bonchev–Trinajstić information content (AvgIpc) is 2.38. The molecule has 1 fully saturated rings. The average molecular weight is 258 g/mol. The molecule has 0 radical (unpaired) electrons. The Hall–Kier alpha value is -0.650. The fourth-order valence-corrected chi connectivity index (χ4v) is 2.35. The molecule has 2 unspecified atom stereocenters. The normalized spacial score (nSPS) is 22.9. The Balaban J connectivity index is 2.30. The van der Waals surface area contributed by atoms with E-state index in [-0.39, 0.29) is 0 Å². The minimum atomic E-state index is -0.747. The van der Waals surface area contributed by atoms with Crippen molar-refractivity contribution in [3.8, 4) is 0 Å². The number of methoxy groups -OCH3 is 1. The first kappa shape index (κ1) is 15.4. The van der Waals surface area contributed by atoms with Gasteiger partial charge in [0.1, 0.15) is 6.04 Å². The van der Waals surface area contributed by atoms with Gasteiger partial charge in [-0.1, -0.05) is 6.92 Å². The van der Waals surface area contributed by atoms with E-state index >= 15 is 0 Å². The van der Waals surface area contributed by atoms with Crippen molar-refractivity contribution in [1.82, 2.24) is 10.2 Å². The highest BCUT2D eigenvalue weighted by Gasteiger charge is 2.22. The first-order valence-electron chi connectivity index (χ1n) is 6.88. The van der Waals surface area contributed by atoms with E-state index in [1.807, 2.05) is 6.92 Å². The van der Waals surface area contributed by atoms with Crippen molar-refractivity contribution < 1.29 is 14.6 Å². The first-order chi connectivity index (χ1) is 8.67. The predicted octanol–water partition coefficient (Wildman–Crippen LogP) is 0.940. The number of carbonyl (C=O) groups is 1. The van der Waals surface area contributed by atoms with Gasteiger partial charge in [-0.15, -0.1) is 0 Å². The Morgan fingerprint density at radius 3 is 3.00 bits per heavy atom. The minimum absolute atomic E-state index is 0.311. The quantitative estimate of drug-likeness (QED) is 0.678. The summed E-state index contributed by atoms with van der Waals surface area (Å²) in [5.74, 6) is -0.747. The molecule has 0 amide bonds.